The third-order valence-corrected chi connectivity index (χ3v) is 5.16. The molecule has 2 aromatic rings. The standard InChI is InChI=1S/C21H21Cl2N3O4/c1-13(27)26-9-8-14-11-15(4-6-18(14)26)21(29)25-24-20(28)3-2-10-30-19-7-5-16(22)12-17(19)23/h4-7,11-12H,2-3,8-10H2,1H3,(H,24,28)(H,25,29). The van der Waals surface area contributed by atoms with Crippen LogP contribution in [0, 0.1) is 0 Å². The molecule has 0 fully saturated rings. The second kappa shape index (κ2) is 9.82. The Balaban J connectivity index is 1.41. The molecule has 0 spiro atoms. The number of fused-ring (bicyclic) bond motifs is 1. The van der Waals surface area contributed by atoms with Gasteiger partial charge in [-0.2, -0.15) is 0 Å². The number of hydrazine groups is 1. The molecule has 0 atom stereocenters. The van der Waals surface area contributed by atoms with Crippen molar-refractivity contribution < 1.29 is 19.1 Å². The first-order chi connectivity index (χ1) is 14.3. The minimum absolute atomic E-state index is 0.0273. The molecule has 1 aliphatic heterocycles. The summed E-state index contributed by atoms with van der Waals surface area (Å²) in [6.07, 6.45) is 1.31. The minimum atomic E-state index is -0.420. The summed E-state index contributed by atoms with van der Waals surface area (Å²) in [5.74, 6) is -0.287. The van der Waals surface area contributed by atoms with Gasteiger partial charge in [-0.05, 0) is 54.8 Å². The topological polar surface area (TPSA) is 87.7 Å². The molecule has 9 heteroatoms. The average Bonchev–Trinajstić information content (AvgIpc) is 3.14. The van der Waals surface area contributed by atoms with Gasteiger partial charge in [0.25, 0.3) is 5.91 Å². The summed E-state index contributed by atoms with van der Waals surface area (Å²) in [4.78, 5) is 37.5. The molecular weight excluding hydrogens is 429 g/mol. The SMILES string of the molecule is CC(=O)N1CCc2cc(C(=O)NNC(=O)CCCOc3ccc(Cl)cc3Cl)ccc21. The third-order valence-electron chi connectivity index (χ3n) is 4.63. The number of hydrogen-bond donors (Lipinski definition) is 2. The number of nitrogens with one attached hydrogen (secondary N) is 2. The molecule has 0 aromatic heterocycles. The number of nitrogens with zero attached hydrogens (tertiary/aromatic N) is 1. The Kier molecular flexibility index (Phi) is 7.18. The minimum Gasteiger partial charge on any atom is -0.492 e. The number of benzene rings is 2. The van der Waals surface area contributed by atoms with Crippen molar-refractivity contribution in [3.63, 3.8) is 0 Å². The molecule has 0 radical (unpaired) electrons. The van der Waals surface area contributed by atoms with Gasteiger partial charge in [-0.3, -0.25) is 25.2 Å². The first-order valence-corrected chi connectivity index (χ1v) is 10.2. The number of carbonyl (C=O) groups is 3. The van der Waals surface area contributed by atoms with E-state index in [4.69, 9.17) is 27.9 Å². The number of ether oxygens (including phenoxy) is 1. The molecule has 0 aliphatic carbocycles. The van der Waals surface area contributed by atoms with E-state index in [1.165, 1.54) is 6.92 Å². The highest BCUT2D eigenvalue weighted by molar-refractivity contribution is 6.35. The lowest BCUT2D eigenvalue weighted by atomic mass is 10.1. The Labute approximate surface area is 184 Å². The van der Waals surface area contributed by atoms with Crippen LogP contribution in [0.2, 0.25) is 10.0 Å². The Morgan fingerprint density at radius 3 is 2.63 bits per heavy atom. The first kappa shape index (κ1) is 21.9. The Morgan fingerprint density at radius 2 is 1.90 bits per heavy atom. The number of amides is 3. The predicted octanol–water partition coefficient (Wildman–Crippen LogP) is 3.52. The summed E-state index contributed by atoms with van der Waals surface area (Å²) in [5.41, 5.74) is 6.97. The van der Waals surface area contributed by atoms with Crippen LogP contribution in [0.3, 0.4) is 0 Å². The molecule has 7 nitrogen and oxygen atoms in total. The van der Waals surface area contributed by atoms with E-state index in [1.807, 2.05) is 0 Å². The van der Waals surface area contributed by atoms with E-state index in [0.717, 1.165) is 11.3 Å². The van der Waals surface area contributed by atoms with E-state index < -0.39 is 5.91 Å². The van der Waals surface area contributed by atoms with Crippen molar-refractivity contribution >= 4 is 46.6 Å². The maximum absolute atomic E-state index is 12.3. The van der Waals surface area contributed by atoms with Gasteiger partial charge in [-0.1, -0.05) is 23.2 Å². The molecule has 3 amide bonds. The van der Waals surface area contributed by atoms with Crippen LogP contribution < -0.4 is 20.5 Å². The third kappa shape index (κ3) is 5.43. The van der Waals surface area contributed by atoms with Gasteiger partial charge < -0.3 is 9.64 Å². The van der Waals surface area contributed by atoms with Gasteiger partial charge in [0.2, 0.25) is 11.8 Å². The molecule has 0 saturated heterocycles. The van der Waals surface area contributed by atoms with Gasteiger partial charge in [0.1, 0.15) is 5.75 Å². The summed E-state index contributed by atoms with van der Waals surface area (Å²) in [6.45, 7) is 2.41. The fourth-order valence-electron chi connectivity index (χ4n) is 3.14. The summed E-state index contributed by atoms with van der Waals surface area (Å²) in [6, 6.07) is 10.0. The predicted molar refractivity (Wildman–Crippen MR) is 115 cm³/mol. The largest absolute Gasteiger partial charge is 0.492 e. The van der Waals surface area contributed by atoms with E-state index in [0.29, 0.717) is 47.4 Å². The number of halogens is 2. The van der Waals surface area contributed by atoms with Crippen LogP contribution in [-0.4, -0.2) is 30.9 Å². The van der Waals surface area contributed by atoms with Crippen molar-refractivity contribution in [3.8, 4) is 5.75 Å². The Morgan fingerprint density at radius 1 is 1.10 bits per heavy atom. The van der Waals surface area contributed by atoms with Crippen LogP contribution in [0.25, 0.3) is 0 Å². The number of hydrogen-bond acceptors (Lipinski definition) is 4. The molecule has 0 unspecified atom stereocenters. The van der Waals surface area contributed by atoms with Crippen molar-refractivity contribution in [1.29, 1.82) is 0 Å². The molecule has 2 aromatic carbocycles. The van der Waals surface area contributed by atoms with Gasteiger partial charge in [0, 0.05) is 36.2 Å². The van der Waals surface area contributed by atoms with Crippen LogP contribution in [0.5, 0.6) is 5.75 Å². The monoisotopic (exact) mass is 449 g/mol. The van der Waals surface area contributed by atoms with Gasteiger partial charge in [-0.25, -0.2) is 0 Å². The summed E-state index contributed by atoms with van der Waals surface area (Å²) >= 11 is 11.8. The molecule has 1 heterocycles. The van der Waals surface area contributed by atoms with Crippen LogP contribution in [0.1, 0.15) is 35.7 Å². The van der Waals surface area contributed by atoms with Crippen LogP contribution in [-0.2, 0) is 16.0 Å². The number of anilines is 1. The van der Waals surface area contributed by atoms with Crippen molar-refractivity contribution in [2.75, 3.05) is 18.1 Å². The zero-order chi connectivity index (χ0) is 21.7. The van der Waals surface area contributed by atoms with Crippen LogP contribution >= 0.6 is 23.2 Å². The van der Waals surface area contributed by atoms with Crippen molar-refractivity contribution in [2.24, 2.45) is 0 Å². The van der Waals surface area contributed by atoms with E-state index in [-0.39, 0.29) is 18.2 Å². The lowest BCUT2D eigenvalue weighted by Crippen LogP contribution is -2.41. The van der Waals surface area contributed by atoms with Crippen LogP contribution in [0.4, 0.5) is 5.69 Å². The second-order valence-corrected chi connectivity index (χ2v) is 7.64. The molecular formula is C21H21Cl2N3O4. The summed E-state index contributed by atoms with van der Waals surface area (Å²) in [5, 5.41) is 0.919. The van der Waals surface area contributed by atoms with Crippen LogP contribution in [0.15, 0.2) is 36.4 Å². The van der Waals surface area contributed by atoms with Crippen molar-refractivity contribution in [3.05, 3.63) is 57.6 Å². The normalized spacial score (nSPS) is 12.3. The molecule has 0 saturated carbocycles. The highest BCUT2D eigenvalue weighted by Crippen LogP contribution is 2.29. The fraction of sp³-hybridized carbons (Fsp3) is 0.286. The zero-order valence-corrected chi connectivity index (χ0v) is 17.8. The van der Waals surface area contributed by atoms with Gasteiger partial charge >= 0.3 is 0 Å². The fourth-order valence-corrected chi connectivity index (χ4v) is 3.60. The van der Waals surface area contributed by atoms with E-state index in [1.54, 1.807) is 41.3 Å². The number of rotatable bonds is 6. The van der Waals surface area contributed by atoms with E-state index >= 15 is 0 Å². The smallest absolute Gasteiger partial charge is 0.269 e. The molecule has 0 bridgehead atoms. The van der Waals surface area contributed by atoms with E-state index in [9.17, 15) is 14.4 Å². The molecule has 158 valence electrons. The molecule has 2 N–H and O–H groups in total. The lowest BCUT2D eigenvalue weighted by Gasteiger charge is -2.15. The summed E-state index contributed by atoms with van der Waals surface area (Å²) in [7, 11) is 0. The second-order valence-electron chi connectivity index (χ2n) is 6.79. The maximum atomic E-state index is 12.3. The average molecular weight is 450 g/mol. The van der Waals surface area contributed by atoms with Gasteiger partial charge in [0.15, 0.2) is 0 Å². The maximum Gasteiger partial charge on any atom is 0.269 e. The quantitative estimate of drug-likeness (QED) is 0.521. The zero-order valence-electron chi connectivity index (χ0n) is 16.3. The number of carbonyl (C=O) groups excluding carboxylic acids is 3. The highest BCUT2D eigenvalue weighted by atomic mass is 35.5. The lowest BCUT2D eigenvalue weighted by molar-refractivity contribution is -0.122. The Hall–Kier alpha value is -2.77. The summed E-state index contributed by atoms with van der Waals surface area (Å²) < 4.78 is 5.52. The van der Waals surface area contributed by atoms with Gasteiger partial charge in [-0.15, -0.1) is 0 Å². The van der Waals surface area contributed by atoms with Gasteiger partial charge in [0.05, 0.1) is 11.6 Å². The highest BCUT2D eigenvalue weighted by Gasteiger charge is 2.23. The van der Waals surface area contributed by atoms with E-state index in [2.05, 4.69) is 10.9 Å². The molecule has 3 rings (SSSR count). The Bertz CT molecular complexity index is 981. The van der Waals surface area contributed by atoms with Crippen molar-refractivity contribution in [2.45, 2.75) is 26.2 Å². The van der Waals surface area contributed by atoms with Crippen molar-refractivity contribution in [1.82, 2.24) is 10.9 Å². The molecule has 1 aliphatic rings. The molecule has 30 heavy (non-hydrogen) atoms. The first-order valence-electron chi connectivity index (χ1n) is 9.43.